The molecule has 0 heterocycles. The van der Waals surface area contributed by atoms with Gasteiger partial charge < -0.3 is 15.8 Å². The van der Waals surface area contributed by atoms with Crippen LogP contribution in [0.4, 0.5) is 0 Å². The van der Waals surface area contributed by atoms with Gasteiger partial charge >= 0.3 is 0 Å². The molecule has 1 amide bonds. The van der Waals surface area contributed by atoms with Crippen LogP contribution < -0.4 is 15.8 Å². The molecule has 0 aliphatic heterocycles. The number of amides is 1. The summed E-state index contributed by atoms with van der Waals surface area (Å²) in [6, 6.07) is 7.89. The highest BCUT2D eigenvalue weighted by Crippen LogP contribution is 2.38. The molecule has 3 N–H and O–H groups in total. The number of hydrogen-bond donors (Lipinski definition) is 2. The van der Waals surface area contributed by atoms with Crippen molar-refractivity contribution in [2.75, 3.05) is 13.2 Å². The summed E-state index contributed by atoms with van der Waals surface area (Å²) in [6.07, 6.45) is 2.29. The van der Waals surface area contributed by atoms with Gasteiger partial charge in [-0.3, -0.25) is 4.79 Å². The van der Waals surface area contributed by atoms with Gasteiger partial charge in [0, 0.05) is 6.54 Å². The average molecular weight is 290 g/mol. The van der Waals surface area contributed by atoms with Crippen LogP contribution in [0.25, 0.3) is 0 Å². The first-order valence-electron chi connectivity index (χ1n) is 7.68. The fraction of sp³-hybridized carbons (Fsp3) is 0.588. The summed E-state index contributed by atoms with van der Waals surface area (Å²) in [6.45, 7) is 6.78. The van der Waals surface area contributed by atoms with Crippen LogP contribution in [0.5, 0.6) is 5.75 Å². The molecule has 4 nitrogen and oxygen atoms in total. The van der Waals surface area contributed by atoms with Crippen molar-refractivity contribution in [3.63, 3.8) is 0 Å². The minimum absolute atomic E-state index is 0.0316. The quantitative estimate of drug-likeness (QED) is 0.810. The van der Waals surface area contributed by atoms with Crippen molar-refractivity contribution in [3.05, 3.63) is 29.8 Å². The van der Waals surface area contributed by atoms with Crippen LogP contribution in [-0.4, -0.2) is 24.6 Å². The summed E-state index contributed by atoms with van der Waals surface area (Å²) in [5.41, 5.74) is 6.72. The third-order valence-electron chi connectivity index (χ3n) is 4.22. The summed E-state index contributed by atoms with van der Waals surface area (Å²) in [7, 11) is 0. The zero-order valence-corrected chi connectivity index (χ0v) is 13.2. The Morgan fingerprint density at radius 2 is 2.19 bits per heavy atom. The standard InChI is InChI=1S/C17H26N2O2/c1-12(2)13-5-4-6-15(9-13)21-10-16(20)19-17(3,11-18)14-7-8-14/h4-6,9,12,14H,7-8,10-11,18H2,1-3H3,(H,19,20). The Morgan fingerprint density at radius 3 is 2.76 bits per heavy atom. The molecule has 0 radical (unpaired) electrons. The molecule has 21 heavy (non-hydrogen) atoms. The summed E-state index contributed by atoms with van der Waals surface area (Å²) in [5, 5.41) is 3.02. The smallest absolute Gasteiger partial charge is 0.258 e. The van der Waals surface area contributed by atoms with Gasteiger partial charge in [-0.15, -0.1) is 0 Å². The Bertz CT molecular complexity index is 497. The van der Waals surface area contributed by atoms with Gasteiger partial charge in [-0.1, -0.05) is 26.0 Å². The van der Waals surface area contributed by atoms with Gasteiger partial charge in [0.2, 0.25) is 0 Å². The maximum Gasteiger partial charge on any atom is 0.258 e. The minimum Gasteiger partial charge on any atom is -0.484 e. The Labute approximate surface area is 127 Å². The molecule has 1 aromatic carbocycles. The molecule has 4 heteroatoms. The van der Waals surface area contributed by atoms with E-state index in [1.807, 2.05) is 25.1 Å². The Hall–Kier alpha value is -1.55. The van der Waals surface area contributed by atoms with Crippen LogP contribution in [0.2, 0.25) is 0 Å². The van der Waals surface area contributed by atoms with E-state index >= 15 is 0 Å². The lowest BCUT2D eigenvalue weighted by Gasteiger charge is -2.29. The normalized spacial score (nSPS) is 17.4. The van der Waals surface area contributed by atoms with E-state index in [0.29, 0.717) is 18.4 Å². The van der Waals surface area contributed by atoms with Gasteiger partial charge in [0.15, 0.2) is 6.61 Å². The molecule has 0 spiro atoms. The van der Waals surface area contributed by atoms with E-state index in [1.54, 1.807) is 0 Å². The molecule has 2 rings (SSSR count). The van der Waals surface area contributed by atoms with Crippen LogP contribution in [-0.2, 0) is 4.79 Å². The Kier molecular flexibility index (Phi) is 4.88. The summed E-state index contributed by atoms with van der Waals surface area (Å²) in [4.78, 5) is 12.1. The van der Waals surface area contributed by atoms with Crippen LogP contribution in [0.3, 0.4) is 0 Å². The molecular formula is C17H26N2O2. The van der Waals surface area contributed by atoms with Crippen LogP contribution in [0, 0.1) is 5.92 Å². The molecular weight excluding hydrogens is 264 g/mol. The average Bonchev–Trinajstić information content (AvgIpc) is 3.30. The van der Waals surface area contributed by atoms with E-state index in [1.165, 1.54) is 5.56 Å². The van der Waals surface area contributed by atoms with E-state index in [4.69, 9.17) is 10.5 Å². The zero-order chi connectivity index (χ0) is 15.5. The van der Waals surface area contributed by atoms with Gasteiger partial charge in [-0.25, -0.2) is 0 Å². The number of carbonyl (C=O) groups excluding carboxylic acids is 1. The van der Waals surface area contributed by atoms with E-state index in [-0.39, 0.29) is 18.1 Å². The molecule has 116 valence electrons. The number of benzene rings is 1. The van der Waals surface area contributed by atoms with Gasteiger partial charge in [0.1, 0.15) is 5.75 Å². The minimum atomic E-state index is -0.291. The number of nitrogens with two attached hydrogens (primary N) is 1. The predicted molar refractivity (Wildman–Crippen MR) is 84.4 cm³/mol. The lowest BCUT2D eigenvalue weighted by molar-refractivity contribution is -0.125. The summed E-state index contributed by atoms with van der Waals surface area (Å²) in [5.74, 6) is 1.58. The first-order chi connectivity index (χ1) is 9.94. The molecule has 1 fully saturated rings. The second-order valence-electron chi connectivity index (χ2n) is 6.46. The van der Waals surface area contributed by atoms with Crippen molar-refractivity contribution in [2.24, 2.45) is 11.7 Å². The zero-order valence-electron chi connectivity index (χ0n) is 13.2. The SMILES string of the molecule is CC(C)c1cccc(OCC(=O)NC(C)(CN)C2CC2)c1. The second kappa shape index (κ2) is 6.48. The lowest BCUT2D eigenvalue weighted by atomic mass is 9.96. The predicted octanol–water partition coefficient (Wildman–Crippen LogP) is 2.43. The largest absolute Gasteiger partial charge is 0.484 e. The fourth-order valence-corrected chi connectivity index (χ4v) is 2.51. The Balaban J connectivity index is 1.87. The first kappa shape index (κ1) is 15.8. The third-order valence-corrected chi connectivity index (χ3v) is 4.22. The van der Waals surface area contributed by atoms with E-state index in [2.05, 4.69) is 25.2 Å². The van der Waals surface area contributed by atoms with Crippen molar-refractivity contribution in [3.8, 4) is 5.75 Å². The highest BCUT2D eigenvalue weighted by Gasteiger charge is 2.41. The number of rotatable bonds is 7. The second-order valence-corrected chi connectivity index (χ2v) is 6.46. The van der Waals surface area contributed by atoms with Crippen molar-refractivity contribution in [1.82, 2.24) is 5.32 Å². The van der Waals surface area contributed by atoms with Gasteiger partial charge in [0.05, 0.1) is 5.54 Å². The molecule has 0 aromatic heterocycles. The van der Waals surface area contributed by atoms with E-state index in [9.17, 15) is 4.79 Å². The molecule has 0 saturated heterocycles. The fourth-order valence-electron chi connectivity index (χ4n) is 2.51. The van der Waals surface area contributed by atoms with E-state index < -0.39 is 0 Å². The van der Waals surface area contributed by atoms with Gasteiger partial charge in [-0.05, 0) is 49.3 Å². The summed E-state index contributed by atoms with van der Waals surface area (Å²) < 4.78 is 5.60. The lowest BCUT2D eigenvalue weighted by Crippen LogP contribution is -2.54. The van der Waals surface area contributed by atoms with Gasteiger partial charge in [-0.2, -0.15) is 0 Å². The molecule has 1 saturated carbocycles. The van der Waals surface area contributed by atoms with Crippen molar-refractivity contribution in [2.45, 2.75) is 45.1 Å². The van der Waals surface area contributed by atoms with Crippen molar-refractivity contribution < 1.29 is 9.53 Å². The van der Waals surface area contributed by atoms with Crippen molar-refractivity contribution in [1.29, 1.82) is 0 Å². The number of hydrogen-bond acceptors (Lipinski definition) is 3. The molecule has 1 aliphatic carbocycles. The maximum absolute atomic E-state index is 12.1. The van der Waals surface area contributed by atoms with E-state index in [0.717, 1.165) is 18.6 Å². The van der Waals surface area contributed by atoms with Gasteiger partial charge in [0.25, 0.3) is 5.91 Å². The first-order valence-corrected chi connectivity index (χ1v) is 7.68. The van der Waals surface area contributed by atoms with Crippen LogP contribution >= 0.6 is 0 Å². The van der Waals surface area contributed by atoms with Crippen LogP contribution in [0.15, 0.2) is 24.3 Å². The summed E-state index contributed by atoms with van der Waals surface area (Å²) >= 11 is 0. The molecule has 1 aromatic rings. The highest BCUT2D eigenvalue weighted by atomic mass is 16.5. The number of ether oxygens (including phenoxy) is 1. The van der Waals surface area contributed by atoms with Crippen molar-refractivity contribution >= 4 is 5.91 Å². The highest BCUT2D eigenvalue weighted by molar-refractivity contribution is 5.78. The number of carbonyl (C=O) groups is 1. The number of nitrogens with one attached hydrogen (secondary N) is 1. The molecule has 0 bridgehead atoms. The maximum atomic E-state index is 12.1. The Morgan fingerprint density at radius 1 is 1.48 bits per heavy atom. The van der Waals surface area contributed by atoms with Crippen LogP contribution in [0.1, 0.15) is 45.1 Å². The monoisotopic (exact) mass is 290 g/mol. The molecule has 1 unspecified atom stereocenters. The molecule has 1 aliphatic rings. The molecule has 1 atom stereocenters. The third kappa shape index (κ3) is 4.21. The topological polar surface area (TPSA) is 64.3 Å².